The van der Waals surface area contributed by atoms with E-state index in [2.05, 4.69) is 28.5 Å². The molecule has 0 amide bonds. The van der Waals surface area contributed by atoms with E-state index in [4.69, 9.17) is 0 Å². The minimum Gasteiger partial charge on any atom is -0.306 e. The van der Waals surface area contributed by atoms with Crippen molar-refractivity contribution in [1.29, 1.82) is 0 Å². The molecule has 0 aliphatic carbocycles. The van der Waals surface area contributed by atoms with E-state index in [1.54, 1.807) is 6.20 Å². The third-order valence-corrected chi connectivity index (χ3v) is 2.05. The van der Waals surface area contributed by atoms with Crippen LogP contribution in [0.3, 0.4) is 0 Å². The summed E-state index contributed by atoms with van der Waals surface area (Å²) in [5, 5.41) is 3.41. The predicted octanol–water partition coefficient (Wildman–Crippen LogP) is 1.67. The standard InChI is InChI=1S/C10H12N2/c1-2-7-12-10(5-1)9-4-3-6-11-8-9/h1,3-6,8,10,12H,2,7H2/t10-/m1/s1. The average Bonchev–Trinajstić information content (AvgIpc) is 2.21. The number of nitrogens with one attached hydrogen (secondary N) is 1. The number of hydrogen-bond acceptors (Lipinski definition) is 2. The number of nitrogens with zero attached hydrogens (tertiary/aromatic N) is 1. The molecule has 0 saturated heterocycles. The topological polar surface area (TPSA) is 24.9 Å². The smallest absolute Gasteiger partial charge is 0.0521 e. The molecule has 2 nitrogen and oxygen atoms in total. The molecule has 1 aromatic rings. The van der Waals surface area contributed by atoms with Gasteiger partial charge in [-0.05, 0) is 24.6 Å². The van der Waals surface area contributed by atoms with Gasteiger partial charge >= 0.3 is 0 Å². The van der Waals surface area contributed by atoms with E-state index in [0.717, 1.165) is 13.0 Å². The molecule has 1 aromatic heterocycles. The minimum absolute atomic E-state index is 0.368. The molecule has 1 aliphatic rings. The molecule has 1 N–H and O–H groups in total. The summed E-state index contributed by atoms with van der Waals surface area (Å²) in [6.45, 7) is 1.07. The lowest BCUT2D eigenvalue weighted by Crippen LogP contribution is -2.23. The van der Waals surface area contributed by atoms with Gasteiger partial charge in [0, 0.05) is 12.4 Å². The summed E-state index contributed by atoms with van der Waals surface area (Å²) in [5.41, 5.74) is 1.24. The van der Waals surface area contributed by atoms with E-state index in [1.165, 1.54) is 5.56 Å². The quantitative estimate of drug-likeness (QED) is 0.632. The number of rotatable bonds is 1. The number of hydrogen-bond donors (Lipinski definition) is 1. The highest BCUT2D eigenvalue weighted by molar-refractivity contribution is 5.20. The monoisotopic (exact) mass is 160 g/mol. The lowest BCUT2D eigenvalue weighted by Gasteiger charge is -2.17. The Labute approximate surface area is 72.3 Å². The lowest BCUT2D eigenvalue weighted by atomic mass is 10.1. The van der Waals surface area contributed by atoms with Crippen LogP contribution in [-0.2, 0) is 0 Å². The van der Waals surface area contributed by atoms with Crippen LogP contribution in [0.5, 0.6) is 0 Å². The molecule has 0 fully saturated rings. The van der Waals surface area contributed by atoms with Crippen molar-refractivity contribution in [3.8, 4) is 0 Å². The fourth-order valence-electron chi connectivity index (χ4n) is 1.41. The molecule has 1 atom stereocenters. The Morgan fingerprint density at radius 3 is 3.17 bits per heavy atom. The van der Waals surface area contributed by atoms with Crippen molar-refractivity contribution in [2.24, 2.45) is 0 Å². The van der Waals surface area contributed by atoms with Gasteiger partial charge in [0.2, 0.25) is 0 Å². The van der Waals surface area contributed by atoms with Gasteiger partial charge in [-0.25, -0.2) is 0 Å². The van der Waals surface area contributed by atoms with Gasteiger partial charge in [-0.2, -0.15) is 0 Å². The summed E-state index contributed by atoms with van der Waals surface area (Å²) < 4.78 is 0. The highest BCUT2D eigenvalue weighted by atomic mass is 14.9. The van der Waals surface area contributed by atoms with Crippen molar-refractivity contribution in [3.05, 3.63) is 42.2 Å². The van der Waals surface area contributed by atoms with Crippen LogP contribution < -0.4 is 5.32 Å². The van der Waals surface area contributed by atoms with Crippen LogP contribution in [0.4, 0.5) is 0 Å². The number of pyridine rings is 1. The summed E-state index contributed by atoms with van der Waals surface area (Å²) in [4.78, 5) is 4.09. The molecule has 0 saturated carbocycles. The van der Waals surface area contributed by atoms with Crippen molar-refractivity contribution in [1.82, 2.24) is 10.3 Å². The third-order valence-electron chi connectivity index (χ3n) is 2.05. The van der Waals surface area contributed by atoms with Crippen LogP contribution in [-0.4, -0.2) is 11.5 Å². The van der Waals surface area contributed by atoms with Gasteiger partial charge in [0.25, 0.3) is 0 Å². The van der Waals surface area contributed by atoms with Crippen molar-refractivity contribution in [3.63, 3.8) is 0 Å². The van der Waals surface area contributed by atoms with Crippen LogP contribution in [0.15, 0.2) is 36.7 Å². The fraction of sp³-hybridized carbons (Fsp3) is 0.300. The van der Waals surface area contributed by atoms with Crippen molar-refractivity contribution in [2.45, 2.75) is 12.5 Å². The molecule has 0 aromatic carbocycles. The van der Waals surface area contributed by atoms with E-state index in [0.29, 0.717) is 6.04 Å². The van der Waals surface area contributed by atoms with Gasteiger partial charge in [0.05, 0.1) is 6.04 Å². The molecule has 2 rings (SSSR count). The Morgan fingerprint density at radius 2 is 2.50 bits per heavy atom. The summed E-state index contributed by atoms with van der Waals surface area (Å²) >= 11 is 0. The maximum absolute atomic E-state index is 4.09. The first-order valence-electron chi connectivity index (χ1n) is 4.27. The first-order chi connectivity index (χ1) is 5.97. The molecule has 62 valence electrons. The minimum atomic E-state index is 0.368. The molecule has 0 spiro atoms. The first-order valence-corrected chi connectivity index (χ1v) is 4.27. The maximum atomic E-state index is 4.09. The summed E-state index contributed by atoms with van der Waals surface area (Å²) in [6, 6.07) is 4.44. The fourth-order valence-corrected chi connectivity index (χ4v) is 1.41. The van der Waals surface area contributed by atoms with Gasteiger partial charge in [-0.15, -0.1) is 0 Å². The second kappa shape index (κ2) is 3.50. The molecular formula is C10H12N2. The molecule has 0 unspecified atom stereocenters. The lowest BCUT2D eigenvalue weighted by molar-refractivity contribution is 0.599. The van der Waals surface area contributed by atoms with Crippen molar-refractivity contribution in [2.75, 3.05) is 6.54 Å². The van der Waals surface area contributed by atoms with Crippen molar-refractivity contribution >= 4 is 0 Å². The summed E-state index contributed by atoms with van der Waals surface area (Å²) in [7, 11) is 0. The van der Waals surface area contributed by atoms with Crippen LogP contribution in [0, 0.1) is 0 Å². The Kier molecular flexibility index (Phi) is 2.19. The molecule has 1 aliphatic heterocycles. The average molecular weight is 160 g/mol. The Hall–Kier alpha value is -1.15. The second-order valence-electron chi connectivity index (χ2n) is 2.93. The normalized spacial score (nSPS) is 22.5. The molecule has 12 heavy (non-hydrogen) atoms. The van der Waals surface area contributed by atoms with Crippen LogP contribution in [0.2, 0.25) is 0 Å². The zero-order chi connectivity index (χ0) is 8.23. The van der Waals surface area contributed by atoms with E-state index >= 15 is 0 Å². The predicted molar refractivity (Wildman–Crippen MR) is 48.7 cm³/mol. The SMILES string of the molecule is C1=C[C@H](c2cccnc2)NCC1. The maximum Gasteiger partial charge on any atom is 0.0521 e. The van der Waals surface area contributed by atoms with Gasteiger partial charge in [0.15, 0.2) is 0 Å². The Balaban J connectivity index is 2.19. The summed E-state index contributed by atoms with van der Waals surface area (Å²) in [5.74, 6) is 0. The largest absolute Gasteiger partial charge is 0.306 e. The Morgan fingerprint density at radius 1 is 1.50 bits per heavy atom. The molecule has 0 bridgehead atoms. The van der Waals surface area contributed by atoms with Crippen LogP contribution >= 0.6 is 0 Å². The Bertz CT molecular complexity index is 266. The van der Waals surface area contributed by atoms with E-state index < -0.39 is 0 Å². The van der Waals surface area contributed by atoms with Gasteiger partial charge < -0.3 is 5.32 Å². The number of aromatic nitrogens is 1. The van der Waals surface area contributed by atoms with Gasteiger partial charge in [-0.3, -0.25) is 4.98 Å². The third kappa shape index (κ3) is 1.53. The molecule has 2 heteroatoms. The van der Waals surface area contributed by atoms with Gasteiger partial charge in [-0.1, -0.05) is 18.2 Å². The first kappa shape index (κ1) is 7.50. The van der Waals surface area contributed by atoms with Gasteiger partial charge in [0.1, 0.15) is 0 Å². The second-order valence-corrected chi connectivity index (χ2v) is 2.93. The zero-order valence-electron chi connectivity index (χ0n) is 6.90. The molecule has 0 radical (unpaired) electrons. The van der Waals surface area contributed by atoms with Crippen molar-refractivity contribution < 1.29 is 0 Å². The van der Waals surface area contributed by atoms with E-state index in [9.17, 15) is 0 Å². The van der Waals surface area contributed by atoms with Crippen LogP contribution in [0.25, 0.3) is 0 Å². The molecular weight excluding hydrogens is 148 g/mol. The van der Waals surface area contributed by atoms with E-state index in [1.807, 2.05) is 12.3 Å². The summed E-state index contributed by atoms with van der Waals surface area (Å²) in [6.07, 6.45) is 9.26. The van der Waals surface area contributed by atoms with E-state index in [-0.39, 0.29) is 0 Å². The zero-order valence-corrected chi connectivity index (χ0v) is 6.90. The highest BCUT2D eigenvalue weighted by Crippen LogP contribution is 2.15. The van der Waals surface area contributed by atoms with Crippen LogP contribution in [0.1, 0.15) is 18.0 Å². The molecule has 2 heterocycles. The highest BCUT2D eigenvalue weighted by Gasteiger charge is 2.08.